The number of aromatic nitrogens is 1. The second-order valence-electron chi connectivity index (χ2n) is 3.98. The van der Waals surface area contributed by atoms with Gasteiger partial charge in [0.05, 0.1) is 12.1 Å². The van der Waals surface area contributed by atoms with Crippen molar-refractivity contribution in [1.29, 1.82) is 0 Å². The van der Waals surface area contributed by atoms with Crippen LogP contribution in [0.5, 0.6) is 0 Å². The lowest BCUT2D eigenvalue weighted by atomic mass is 10.2. The fourth-order valence-electron chi connectivity index (χ4n) is 1.60. The van der Waals surface area contributed by atoms with Gasteiger partial charge in [0.25, 0.3) is 0 Å². The predicted octanol–water partition coefficient (Wildman–Crippen LogP) is 3.43. The number of carboxylic acids is 1. The van der Waals surface area contributed by atoms with Crippen molar-refractivity contribution >= 4 is 29.7 Å². The van der Waals surface area contributed by atoms with Gasteiger partial charge in [0.2, 0.25) is 5.89 Å². The highest BCUT2D eigenvalue weighted by atomic mass is 35.5. The smallest absolute Gasteiger partial charge is 0.309 e. The van der Waals surface area contributed by atoms with Gasteiger partial charge in [-0.05, 0) is 24.6 Å². The molecule has 2 rings (SSSR count). The van der Waals surface area contributed by atoms with E-state index in [1.54, 1.807) is 25.1 Å². The minimum Gasteiger partial charge on any atom is -0.481 e. The van der Waals surface area contributed by atoms with Crippen molar-refractivity contribution in [2.75, 3.05) is 0 Å². The Morgan fingerprint density at radius 2 is 2.16 bits per heavy atom. The molecule has 0 spiro atoms. The summed E-state index contributed by atoms with van der Waals surface area (Å²) in [5.41, 5.74) is 1.28. The Morgan fingerprint density at radius 1 is 1.42 bits per heavy atom. The molecular formula is C14H12ClNO3. The van der Waals surface area contributed by atoms with Crippen molar-refractivity contribution in [2.24, 2.45) is 0 Å². The van der Waals surface area contributed by atoms with Crippen LogP contribution in [0, 0.1) is 6.92 Å². The Labute approximate surface area is 115 Å². The first-order valence-corrected chi connectivity index (χ1v) is 6.05. The highest BCUT2D eigenvalue weighted by Gasteiger charge is 2.11. The first-order valence-electron chi connectivity index (χ1n) is 5.67. The van der Waals surface area contributed by atoms with Crippen LogP contribution in [-0.4, -0.2) is 16.1 Å². The minimum atomic E-state index is -0.932. The molecule has 1 N–H and O–H groups in total. The lowest BCUT2D eigenvalue weighted by Crippen LogP contribution is -2.01. The number of benzene rings is 1. The summed E-state index contributed by atoms with van der Waals surface area (Å²) in [5, 5.41) is 9.36. The summed E-state index contributed by atoms with van der Waals surface area (Å²) in [5.74, 6) is -0.0482. The molecule has 0 saturated carbocycles. The molecule has 0 aliphatic carbocycles. The van der Waals surface area contributed by atoms with Gasteiger partial charge < -0.3 is 9.52 Å². The summed E-state index contributed by atoms with van der Waals surface area (Å²) in [6.45, 7) is 1.69. The molecule has 0 radical (unpaired) electrons. The van der Waals surface area contributed by atoms with Gasteiger partial charge in [0, 0.05) is 11.1 Å². The normalized spacial score (nSPS) is 11.1. The fourth-order valence-corrected chi connectivity index (χ4v) is 1.80. The van der Waals surface area contributed by atoms with E-state index in [0.29, 0.717) is 22.4 Å². The highest BCUT2D eigenvalue weighted by molar-refractivity contribution is 6.32. The Hall–Kier alpha value is -2.07. The van der Waals surface area contributed by atoms with Crippen molar-refractivity contribution in [1.82, 2.24) is 4.98 Å². The van der Waals surface area contributed by atoms with E-state index in [4.69, 9.17) is 21.1 Å². The molecule has 98 valence electrons. The molecule has 4 nitrogen and oxygen atoms in total. The molecule has 1 aromatic carbocycles. The number of carbonyl (C=O) groups is 1. The summed E-state index contributed by atoms with van der Waals surface area (Å²) in [4.78, 5) is 14.8. The third-order valence-corrected chi connectivity index (χ3v) is 2.88. The Balaban J connectivity index is 2.20. The Morgan fingerprint density at radius 3 is 2.84 bits per heavy atom. The topological polar surface area (TPSA) is 63.3 Å². The molecule has 1 aromatic heterocycles. The molecule has 1 heterocycles. The van der Waals surface area contributed by atoms with Crippen LogP contribution in [0.4, 0.5) is 0 Å². The maximum atomic E-state index is 10.6. The second kappa shape index (κ2) is 5.71. The Bertz CT molecular complexity index is 631. The number of hydrogen-bond donors (Lipinski definition) is 1. The van der Waals surface area contributed by atoms with Gasteiger partial charge >= 0.3 is 5.97 Å². The number of carboxylic acid groups (broad SMARTS) is 1. The first kappa shape index (κ1) is 13.4. The van der Waals surface area contributed by atoms with E-state index in [-0.39, 0.29) is 6.42 Å². The zero-order chi connectivity index (χ0) is 13.8. The van der Waals surface area contributed by atoms with Crippen molar-refractivity contribution in [2.45, 2.75) is 13.3 Å². The number of halogens is 1. The molecule has 19 heavy (non-hydrogen) atoms. The standard InChI is InChI=1S/C14H12ClNO3/c1-9-12(8-14(17)18)16-13(19-9)7-6-10-4-2-3-5-11(10)15/h2-7H,8H2,1H3,(H,17,18)/b7-6+. The van der Waals surface area contributed by atoms with Gasteiger partial charge in [-0.3, -0.25) is 4.79 Å². The van der Waals surface area contributed by atoms with Gasteiger partial charge in [-0.15, -0.1) is 0 Å². The molecule has 0 atom stereocenters. The van der Waals surface area contributed by atoms with E-state index in [2.05, 4.69) is 4.98 Å². The molecule has 0 aliphatic heterocycles. The van der Waals surface area contributed by atoms with Crippen molar-refractivity contribution in [3.8, 4) is 0 Å². The van der Waals surface area contributed by atoms with E-state index in [9.17, 15) is 4.79 Å². The zero-order valence-corrected chi connectivity index (χ0v) is 11.0. The van der Waals surface area contributed by atoms with Crippen LogP contribution in [0.3, 0.4) is 0 Å². The third-order valence-electron chi connectivity index (χ3n) is 2.54. The number of nitrogens with zero attached hydrogens (tertiary/aromatic N) is 1. The van der Waals surface area contributed by atoms with Crippen LogP contribution in [0.15, 0.2) is 28.7 Å². The molecular weight excluding hydrogens is 266 g/mol. The molecule has 2 aromatic rings. The van der Waals surface area contributed by atoms with E-state index < -0.39 is 5.97 Å². The maximum absolute atomic E-state index is 10.6. The van der Waals surface area contributed by atoms with Crippen LogP contribution in [0.25, 0.3) is 12.2 Å². The van der Waals surface area contributed by atoms with E-state index >= 15 is 0 Å². The predicted molar refractivity (Wildman–Crippen MR) is 73.0 cm³/mol. The molecule has 0 aliphatic rings. The van der Waals surface area contributed by atoms with Gasteiger partial charge in [-0.25, -0.2) is 4.98 Å². The van der Waals surface area contributed by atoms with Crippen LogP contribution in [-0.2, 0) is 11.2 Å². The quantitative estimate of drug-likeness (QED) is 0.930. The molecule has 5 heteroatoms. The molecule has 0 amide bonds. The van der Waals surface area contributed by atoms with Crippen molar-refractivity contribution in [3.05, 3.63) is 52.2 Å². The number of oxazole rings is 1. The van der Waals surface area contributed by atoms with Crippen LogP contribution in [0.1, 0.15) is 22.9 Å². The van der Waals surface area contributed by atoms with Gasteiger partial charge in [0.1, 0.15) is 5.76 Å². The first-order chi connectivity index (χ1) is 9.06. The minimum absolute atomic E-state index is 0.144. The van der Waals surface area contributed by atoms with Crippen LogP contribution < -0.4 is 0 Å². The van der Waals surface area contributed by atoms with E-state index in [0.717, 1.165) is 5.56 Å². The number of rotatable bonds is 4. The SMILES string of the molecule is Cc1oc(/C=C/c2ccccc2Cl)nc1CC(=O)O. The summed E-state index contributed by atoms with van der Waals surface area (Å²) in [7, 11) is 0. The third kappa shape index (κ3) is 3.45. The maximum Gasteiger partial charge on any atom is 0.309 e. The summed E-state index contributed by atoms with van der Waals surface area (Å²) >= 11 is 6.02. The van der Waals surface area contributed by atoms with Crippen LogP contribution in [0.2, 0.25) is 5.02 Å². The average molecular weight is 278 g/mol. The van der Waals surface area contributed by atoms with E-state index in [1.165, 1.54) is 0 Å². The second-order valence-corrected chi connectivity index (χ2v) is 4.39. The summed E-state index contributed by atoms with van der Waals surface area (Å²) in [6, 6.07) is 7.38. The van der Waals surface area contributed by atoms with Gasteiger partial charge in [0.15, 0.2) is 0 Å². The van der Waals surface area contributed by atoms with Crippen LogP contribution >= 0.6 is 11.6 Å². The van der Waals surface area contributed by atoms with Crippen molar-refractivity contribution in [3.63, 3.8) is 0 Å². The van der Waals surface area contributed by atoms with E-state index in [1.807, 2.05) is 18.2 Å². The highest BCUT2D eigenvalue weighted by Crippen LogP contribution is 2.18. The Kier molecular flexibility index (Phi) is 4.02. The van der Waals surface area contributed by atoms with Gasteiger partial charge in [-0.1, -0.05) is 29.8 Å². The lowest BCUT2D eigenvalue weighted by molar-refractivity contribution is -0.136. The van der Waals surface area contributed by atoms with Gasteiger partial charge in [-0.2, -0.15) is 0 Å². The zero-order valence-electron chi connectivity index (χ0n) is 10.3. The monoisotopic (exact) mass is 277 g/mol. The number of aliphatic carboxylic acids is 1. The average Bonchev–Trinajstić information content (AvgIpc) is 2.68. The summed E-state index contributed by atoms with van der Waals surface area (Å²) in [6.07, 6.45) is 3.30. The fraction of sp³-hybridized carbons (Fsp3) is 0.143. The van der Waals surface area contributed by atoms with Crippen molar-refractivity contribution < 1.29 is 14.3 Å². The lowest BCUT2D eigenvalue weighted by Gasteiger charge is -1.94. The molecule has 0 bridgehead atoms. The molecule has 0 unspecified atom stereocenters. The molecule has 0 saturated heterocycles. The number of hydrogen-bond acceptors (Lipinski definition) is 3. The summed E-state index contributed by atoms with van der Waals surface area (Å²) < 4.78 is 5.37. The molecule has 0 fully saturated rings. The number of aryl methyl sites for hydroxylation is 1. The largest absolute Gasteiger partial charge is 0.481 e.